The van der Waals surface area contributed by atoms with Gasteiger partial charge in [0.15, 0.2) is 6.23 Å². The molecule has 11 nitrogen and oxygen atoms in total. The molecule has 0 spiro atoms. The van der Waals surface area contributed by atoms with Crippen LogP contribution < -0.4 is 11.4 Å². The summed E-state index contributed by atoms with van der Waals surface area (Å²) in [5, 5.41) is 10.3. The van der Waals surface area contributed by atoms with E-state index in [1.807, 2.05) is 0 Å². The lowest BCUT2D eigenvalue weighted by atomic mass is 10.1. The van der Waals surface area contributed by atoms with Crippen LogP contribution in [0.25, 0.3) is 0 Å². The van der Waals surface area contributed by atoms with Gasteiger partial charge in [0, 0.05) is 6.20 Å². The number of aliphatic hydroxyl groups is 1. The summed E-state index contributed by atoms with van der Waals surface area (Å²) in [7, 11) is -4.89. The predicted octanol–water partition coefficient (Wildman–Crippen LogP) is -1.01. The first kappa shape index (κ1) is 19.0. The van der Waals surface area contributed by atoms with E-state index in [1.54, 1.807) is 13.8 Å². The van der Waals surface area contributed by atoms with Crippen molar-refractivity contribution in [1.82, 2.24) is 9.55 Å². The number of nitrogens with zero attached hydrogens (tertiary/aromatic N) is 2. The van der Waals surface area contributed by atoms with E-state index in [9.17, 15) is 14.5 Å². The molecule has 24 heavy (non-hydrogen) atoms. The summed E-state index contributed by atoms with van der Waals surface area (Å²) in [5.74, 6) is -0.00792. The molecule has 5 N–H and O–H groups in total. The Balaban J connectivity index is 2.27. The summed E-state index contributed by atoms with van der Waals surface area (Å²) in [6, 6.07) is 1.33. The summed E-state index contributed by atoms with van der Waals surface area (Å²) in [6.07, 6.45) is -4.08. The molecule has 12 heteroatoms. The van der Waals surface area contributed by atoms with Crippen molar-refractivity contribution in [2.24, 2.45) is 0 Å². The van der Waals surface area contributed by atoms with E-state index < -0.39 is 38.1 Å². The first-order valence-electron chi connectivity index (χ1n) is 7.12. The zero-order valence-electron chi connectivity index (χ0n) is 13.1. The summed E-state index contributed by atoms with van der Waals surface area (Å²) >= 11 is 0. The minimum atomic E-state index is -4.89. The van der Waals surface area contributed by atoms with Gasteiger partial charge in [0.25, 0.3) is 0 Å². The maximum atomic E-state index is 11.9. The molecule has 2 rings (SSSR count). The van der Waals surface area contributed by atoms with E-state index >= 15 is 0 Å². The molecule has 4 atom stereocenters. The summed E-state index contributed by atoms with van der Waals surface area (Å²) in [4.78, 5) is 33.5. The normalized spacial score (nSPS) is 27.8. The van der Waals surface area contributed by atoms with Gasteiger partial charge >= 0.3 is 13.5 Å². The van der Waals surface area contributed by atoms with Gasteiger partial charge in [-0.3, -0.25) is 9.09 Å². The third-order valence-corrected chi connectivity index (χ3v) is 3.81. The molecule has 1 aromatic heterocycles. The third-order valence-electron chi connectivity index (χ3n) is 3.29. The van der Waals surface area contributed by atoms with E-state index in [4.69, 9.17) is 25.0 Å². The second-order valence-electron chi connectivity index (χ2n) is 5.54. The molecule has 136 valence electrons. The Kier molecular flexibility index (Phi) is 5.76. The maximum absolute atomic E-state index is 11.9. The fourth-order valence-corrected chi connectivity index (χ4v) is 2.86. The van der Waals surface area contributed by atoms with Crippen LogP contribution in [-0.4, -0.2) is 55.5 Å². The van der Waals surface area contributed by atoms with E-state index in [-0.39, 0.29) is 18.5 Å². The quantitative estimate of drug-likeness (QED) is 0.458. The number of anilines is 1. The Morgan fingerprint density at radius 2 is 2.17 bits per heavy atom. The fourth-order valence-electron chi connectivity index (χ4n) is 2.28. The van der Waals surface area contributed by atoms with Gasteiger partial charge in [-0.1, -0.05) is 0 Å². The maximum Gasteiger partial charge on any atom is 0.470 e. The molecule has 0 unspecified atom stereocenters. The zero-order valence-corrected chi connectivity index (χ0v) is 13.9. The van der Waals surface area contributed by atoms with Gasteiger partial charge in [-0.15, -0.1) is 0 Å². The van der Waals surface area contributed by atoms with Crippen molar-refractivity contribution >= 4 is 13.6 Å². The van der Waals surface area contributed by atoms with Gasteiger partial charge in [0.1, 0.15) is 24.1 Å². The first-order chi connectivity index (χ1) is 11.1. The Morgan fingerprint density at radius 1 is 1.50 bits per heavy atom. The average Bonchev–Trinajstić information content (AvgIpc) is 2.72. The summed E-state index contributed by atoms with van der Waals surface area (Å²) in [5.41, 5.74) is 4.63. The molecular weight excluding hydrogens is 345 g/mol. The molecule has 0 radical (unpaired) electrons. The number of aliphatic hydroxyl groups excluding tert-OH is 1. The van der Waals surface area contributed by atoms with Crippen LogP contribution in [0, 0.1) is 0 Å². The van der Waals surface area contributed by atoms with Crippen LogP contribution in [0.5, 0.6) is 0 Å². The molecule has 0 aliphatic carbocycles. The molecule has 0 amide bonds. The van der Waals surface area contributed by atoms with Gasteiger partial charge in [-0.05, 0) is 19.9 Å². The van der Waals surface area contributed by atoms with Crippen molar-refractivity contribution in [2.75, 3.05) is 12.3 Å². The molecule has 1 fully saturated rings. The van der Waals surface area contributed by atoms with Crippen molar-refractivity contribution in [3.05, 3.63) is 22.7 Å². The number of rotatable bonds is 6. The highest BCUT2D eigenvalue weighted by Gasteiger charge is 2.48. The van der Waals surface area contributed by atoms with Crippen molar-refractivity contribution in [2.45, 2.75) is 44.5 Å². The molecule has 1 saturated heterocycles. The standard InChI is InChI=1S/C12H20N3O8P/c1-6(2)21-5-7-10(23-24(18,19)20)9(16)11(22-7)15-4-3-8(13)14-12(15)17/h3-4,6-7,9-11,16H,5H2,1-2H3,(H2,13,14,17)(H2,18,19,20)/t7-,9-,10-,11-/m1/s1. The molecular formula is C12H20N3O8P. The number of phosphoric acid groups is 1. The van der Waals surface area contributed by atoms with Crippen LogP contribution >= 0.6 is 7.82 Å². The van der Waals surface area contributed by atoms with Gasteiger partial charge in [0.05, 0.1) is 12.7 Å². The van der Waals surface area contributed by atoms with Crippen LogP contribution in [0.15, 0.2) is 17.1 Å². The Labute approximate surface area is 137 Å². The highest BCUT2D eigenvalue weighted by molar-refractivity contribution is 7.46. The molecule has 0 saturated carbocycles. The predicted molar refractivity (Wildman–Crippen MR) is 80.8 cm³/mol. The second-order valence-corrected chi connectivity index (χ2v) is 6.73. The van der Waals surface area contributed by atoms with Crippen LogP contribution in [0.3, 0.4) is 0 Å². The van der Waals surface area contributed by atoms with Gasteiger partial charge in [-0.2, -0.15) is 4.98 Å². The number of hydrogen-bond acceptors (Lipinski definition) is 8. The van der Waals surface area contributed by atoms with E-state index in [1.165, 1.54) is 12.3 Å². The van der Waals surface area contributed by atoms with E-state index in [0.717, 1.165) is 4.57 Å². The largest absolute Gasteiger partial charge is 0.470 e. The minimum Gasteiger partial charge on any atom is -0.386 e. The monoisotopic (exact) mass is 365 g/mol. The third kappa shape index (κ3) is 4.61. The van der Waals surface area contributed by atoms with Gasteiger partial charge < -0.3 is 30.1 Å². The lowest BCUT2D eigenvalue weighted by Crippen LogP contribution is -2.38. The Morgan fingerprint density at radius 3 is 2.71 bits per heavy atom. The van der Waals surface area contributed by atoms with E-state index in [0.29, 0.717) is 0 Å². The molecule has 2 heterocycles. The number of hydrogen-bond donors (Lipinski definition) is 4. The minimum absolute atomic E-state index is 0.00792. The molecule has 0 bridgehead atoms. The summed E-state index contributed by atoms with van der Waals surface area (Å²) < 4.78 is 27.6. The SMILES string of the molecule is CC(C)OC[C@H]1O[C@@H](n2ccc(N)nc2=O)[C@H](O)[C@@H]1OP(=O)(O)O. The topological polar surface area (TPSA) is 166 Å². The van der Waals surface area contributed by atoms with Gasteiger partial charge in [0.2, 0.25) is 0 Å². The highest BCUT2D eigenvalue weighted by Crippen LogP contribution is 2.43. The van der Waals surface area contributed by atoms with Crippen molar-refractivity contribution in [3.8, 4) is 0 Å². The average molecular weight is 365 g/mol. The smallest absolute Gasteiger partial charge is 0.386 e. The first-order valence-corrected chi connectivity index (χ1v) is 8.65. The number of aromatic nitrogens is 2. The molecule has 0 aromatic carbocycles. The lowest BCUT2D eigenvalue weighted by molar-refractivity contribution is -0.0773. The number of ether oxygens (including phenoxy) is 2. The Hall–Kier alpha value is -1.33. The van der Waals surface area contributed by atoms with Crippen molar-refractivity contribution in [3.63, 3.8) is 0 Å². The Bertz CT molecular complexity index is 675. The second kappa shape index (κ2) is 7.28. The molecule has 1 aliphatic heterocycles. The molecule has 1 aliphatic rings. The van der Waals surface area contributed by atoms with Crippen molar-refractivity contribution < 1.29 is 33.5 Å². The van der Waals surface area contributed by atoms with Crippen LogP contribution in [0.2, 0.25) is 0 Å². The summed E-state index contributed by atoms with van der Waals surface area (Å²) in [6.45, 7) is 3.43. The fraction of sp³-hybridized carbons (Fsp3) is 0.667. The van der Waals surface area contributed by atoms with Crippen LogP contribution in [-0.2, 0) is 18.6 Å². The number of phosphoric ester groups is 1. The van der Waals surface area contributed by atoms with E-state index in [2.05, 4.69) is 9.51 Å². The number of nitrogen functional groups attached to an aromatic ring is 1. The van der Waals surface area contributed by atoms with Crippen LogP contribution in [0.4, 0.5) is 5.82 Å². The highest BCUT2D eigenvalue weighted by atomic mass is 31.2. The zero-order chi connectivity index (χ0) is 18.1. The van der Waals surface area contributed by atoms with Crippen LogP contribution in [0.1, 0.15) is 20.1 Å². The van der Waals surface area contributed by atoms with Crippen molar-refractivity contribution in [1.29, 1.82) is 0 Å². The van der Waals surface area contributed by atoms with Gasteiger partial charge in [-0.25, -0.2) is 9.36 Å². The lowest BCUT2D eigenvalue weighted by Gasteiger charge is -2.21. The number of nitrogens with two attached hydrogens (primary N) is 1. The molecule has 1 aromatic rings.